The summed E-state index contributed by atoms with van der Waals surface area (Å²) in [7, 11) is 4.03. The quantitative estimate of drug-likeness (QED) is 0.905. The van der Waals surface area contributed by atoms with Gasteiger partial charge in [0.05, 0.1) is 22.6 Å². The van der Waals surface area contributed by atoms with Crippen molar-refractivity contribution in [1.82, 2.24) is 4.98 Å². The third kappa shape index (κ3) is 3.61. The van der Waals surface area contributed by atoms with Crippen molar-refractivity contribution in [3.05, 3.63) is 51.7 Å². The van der Waals surface area contributed by atoms with Crippen molar-refractivity contribution >= 4 is 38.9 Å². The van der Waals surface area contributed by atoms with Crippen molar-refractivity contribution < 1.29 is 0 Å². The van der Waals surface area contributed by atoms with E-state index in [2.05, 4.69) is 31.1 Å². The molecule has 0 aliphatic heterocycles. The lowest BCUT2D eigenvalue weighted by Crippen LogP contribution is -2.12. The molecule has 2 rings (SSSR count). The second-order valence-corrected chi connectivity index (χ2v) is 5.65. The van der Waals surface area contributed by atoms with Crippen molar-refractivity contribution in [3.63, 3.8) is 0 Å². The molecule has 0 atom stereocenters. The normalized spacial score (nSPS) is 10.3. The van der Waals surface area contributed by atoms with Crippen LogP contribution in [0.4, 0.5) is 11.4 Å². The standard InChI is InChI=1S/C14H15BrClN3/c1-19(2)14-5-6-17-9-13(14)18-8-10-3-4-12(16)11(15)7-10/h3-7,9,18H,8H2,1-2H3. The van der Waals surface area contributed by atoms with E-state index in [1.54, 1.807) is 6.20 Å². The topological polar surface area (TPSA) is 28.2 Å². The fourth-order valence-corrected chi connectivity index (χ4v) is 2.30. The molecule has 1 heterocycles. The van der Waals surface area contributed by atoms with Crippen LogP contribution in [0.2, 0.25) is 5.02 Å². The minimum atomic E-state index is 0.721. The van der Waals surface area contributed by atoms with Gasteiger partial charge in [0.2, 0.25) is 0 Å². The molecule has 0 fully saturated rings. The Kier molecular flexibility index (Phi) is 4.66. The van der Waals surface area contributed by atoms with E-state index in [0.717, 1.165) is 33.0 Å². The average Bonchev–Trinajstić information content (AvgIpc) is 2.40. The number of nitrogens with zero attached hydrogens (tertiary/aromatic N) is 2. The highest BCUT2D eigenvalue weighted by atomic mass is 79.9. The first-order chi connectivity index (χ1) is 9.08. The first kappa shape index (κ1) is 14.2. The highest BCUT2D eigenvalue weighted by molar-refractivity contribution is 9.10. The van der Waals surface area contributed by atoms with E-state index in [1.807, 2.05) is 44.6 Å². The number of aromatic nitrogens is 1. The van der Waals surface area contributed by atoms with Gasteiger partial charge >= 0.3 is 0 Å². The number of hydrogen-bond donors (Lipinski definition) is 1. The predicted octanol–water partition coefficient (Wildman–Crippen LogP) is 4.18. The number of pyridine rings is 1. The zero-order valence-corrected chi connectivity index (χ0v) is 13.2. The molecular formula is C14H15BrClN3. The van der Waals surface area contributed by atoms with E-state index in [1.165, 1.54) is 0 Å². The van der Waals surface area contributed by atoms with Gasteiger partial charge in [-0.15, -0.1) is 0 Å². The van der Waals surface area contributed by atoms with Gasteiger partial charge in [0, 0.05) is 31.3 Å². The number of rotatable bonds is 4. The number of anilines is 2. The zero-order chi connectivity index (χ0) is 13.8. The fraction of sp³-hybridized carbons (Fsp3) is 0.214. The van der Waals surface area contributed by atoms with Gasteiger partial charge in [-0.3, -0.25) is 4.98 Å². The minimum Gasteiger partial charge on any atom is -0.378 e. The van der Waals surface area contributed by atoms with Crippen molar-refractivity contribution in [3.8, 4) is 0 Å². The Morgan fingerprint density at radius 3 is 2.79 bits per heavy atom. The number of halogens is 2. The van der Waals surface area contributed by atoms with Crippen LogP contribution in [0.1, 0.15) is 5.56 Å². The third-order valence-corrected chi connectivity index (χ3v) is 3.96. The van der Waals surface area contributed by atoms with Crippen LogP contribution in [0, 0.1) is 0 Å². The molecule has 19 heavy (non-hydrogen) atoms. The molecule has 1 N–H and O–H groups in total. The summed E-state index contributed by atoms with van der Waals surface area (Å²) in [4.78, 5) is 6.21. The lowest BCUT2D eigenvalue weighted by atomic mass is 10.2. The molecule has 0 bridgehead atoms. The summed E-state index contributed by atoms with van der Waals surface area (Å²) in [5, 5.41) is 4.11. The molecule has 0 aliphatic carbocycles. The summed E-state index contributed by atoms with van der Waals surface area (Å²) >= 11 is 9.41. The maximum Gasteiger partial charge on any atom is 0.0766 e. The van der Waals surface area contributed by atoms with Gasteiger partial charge in [-0.1, -0.05) is 17.7 Å². The van der Waals surface area contributed by atoms with Crippen LogP contribution < -0.4 is 10.2 Å². The molecule has 1 aromatic carbocycles. The van der Waals surface area contributed by atoms with Crippen LogP contribution in [0.3, 0.4) is 0 Å². The summed E-state index contributed by atoms with van der Waals surface area (Å²) in [6.07, 6.45) is 3.62. The van der Waals surface area contributed by atoms with Gasteiger partial charge in [0.15, 0.2) is 0 Å². The van der Waals surface area contributed by atoms with Crippen molar-refractivity contribution in [1.29, 1.82) is 0 Å². The molecule has 0 saturated carbocycles. The van der Waals surface area contributed by atoms with E-state index in [0.29, 0.717) is 0 Å². The van der Waals surface area contributed by atoms with Gasteiger partial charge in [-0.05, 0) is 39.7 Å². The SMILES string of the molecule is CN(C)c1ccncc1NCc1ccc(Cl)c(Br)c1. The van der Waals surface area contributed by atoms with Crippen LogP contribution in [0.25, 0.3) is 0 Å². The molecule has 0 saturated heterocycles. The summed E-state index contributed by atoms with van der Waals surface area (Å²) in [6, 6.07) is 7.89. The molecule has 0 radical (unpaired) electrons. The van der Waals surface area contributed by atoms with Gasteiger partial charge in [-0.2, -0.15) is 0 Å². The zero-order valence-electron chi connectivity index (χ0n) is 10.8. The van der Waals surface area contributed by atoms with E-state index in [-0.39, 0.29) is 0 Å². The van der Waals surface area contributed by atoms with Crippen molar-refractivity contribution in [2.45, 2.75) is 6.54 Å². The van der Waals surface area contributed by atoms with Crippen LogP contribution in [-0.4, -0.2) is 19.1 Å². The van der Waals surface area contributed by atoms with Gasteiger partial charge < -0.3 is 10.2 Å². The van der Waals surface area contributed by atoms with E-state index < -0.39 is 0 Å². The molecule has 5 heteroatoms. The average molecular weight is 341 g/mol. The lowest BCUT2D eigenvalue weighted by molar-refractivity contribution is 1.09. The highest BCUT2D eigenvalue weighted by Gasteiger charge is 2.04. The minimum absolute atomic E-state index is 0.721. The Morgan fingerprint density at radius 1 is 1.32 bits per heavy atom. The molecule has 0 unspecified atom stereocenters. The Morgan fingerprint density at radius 2 is 2.11 bits per heavy atom. The Labute approximate surface area is 126 Å². The second kappa shape index (κ2) is 6.26. The molecule has 3 nitrogen and oxygen atoms in total. The Hall–Kier alpha value is -1.26. The fourth-order valence-electron chi connectivity index (χ4n) is 1.76. The number of nitrogens with one attached hydrogen (secondary N) is 1. The van der Waals surface area contributed by atoms with Gasteiger partial charge in [-0.25, -0.2) is 0 Å². The van der Waals surface area contributed by atoms with Crippen LogP contribution >= 0.6 is 27.5 Å². The summed E-state index contributed by atoms with van der Waals surface area (Å²) < 4.78 is 0.910. The molecule has 1 aromatic heterocycles. The second-order valence-electron chi connectivity index (χ2n) is 4.39. The maximum atomic E-state index is 5.98. The number of benzene rings is 1. The predicted molar refractivity (Wildman–Crippen MR) is 85.0 cm³/mol. The van der Waals surface area contributed by atoms with Crippen molar-refractivity contribution in [2.75, 3.05) is 24.3 Å². The van der Waals surface area contributed by atoms with Gasteiger partial charge in [0.25, 0.3) is 0 Å². The summed E-state index contributed by atoms with van der Waals surface area (Å²) in [6.45, 7) is 0.725. The summed E-state index contributed by atoms with van der Waals surface area (Å²) in [5.74, 6) is 0. The van der Waals surface area contributed by atoms with Crippen LogP contribution in [0.5, 0.6) is 0 Å². The van der Waals surface area contributed by atoms with Gasteiger partial charge in [0.1, 0.15) is 0 Å². The molecular weight excluding hydrogens is 326 g/mol. The van der Waals surface area contributed by atoms with Crippen LogP contribution in [-0.2, 0) is 6.54 Å². The summed E-state index contributed by atoms with van der Waals surface area (Å²) in [5.41, 5.74) is 3.28. The maximum absolute atomic E-state index is 5.98. The van der Waals surface area contributed by atoms with E-state index in [4.69, 9.17) is 11.6 Å². The molecule has 0 spiro atoms. The lowest BCUT2D eigenvalue weighted by Gasteiger charge is -2.18. The first-order valence-electron chi connectivity index (χ1n) is 5.87. The Bertz CT molecular complexity index is 572. The van der Waals surface area contributed by atoms with Crippen LogP contribution in [0.15, 0.2) is 41.1 Å². The third-order valence-electron chi connectivity index (χ3n) is 2.75. The largest absolute Gasteiger partial charge is 0.378 e. The monoisotopic (exact) mass is 339 g/mol. The smallest absolute Gasteiger partial charge is 0.0766 e. The van der Waals surface area contributed by atoms with E-state index in [9.17, 15) is 0 Å². The molecule has 0 aliphatic rings. The molecule has 0 amide bonds. The molecule has 100 valence electrons. The number of hydrogen-bond acceptors (Lipinski definition) is 3. The van der Waals surface area contributed by atoms with E-state index >= 15 is 0 Å². The molecule has 2 aromatic rings. The van der Waals surface area contributed by atoms with Crippen molar-refractivity contribution in [2.24, 2.45) is 0 Å². The highest BCUT2D eigenvalue weighted by Crippen LogP contribution is 2.25. The first-order valence-corrected chi connectivity index (χ1v) is 7.04. The Balaban J connectivity index is 2.12.